The average molecular weight is 411 g/mol. The van der Waals surface area contributed by atoms with Gasteiger partial charge in [0.15, 0.2) is 5.96 Å². The fourth-order valence-corrected chi connectivity index (χ4v) is 2.57. The summed E-state index contributed by atoms with van der Waals surface area (Å²) in [6.45, 7) is 7.49. The summed E-state index contributed by atoms with van der Waals surface area (Å²) in [7, 11) is 1.70. The van der Waals surface area contributed by atoms with E-state index in [-0.39, 0.29) is 24.0 Å². The topological polar surface area (TPSA) is 45.7 Å². The second-order valence-electron chi connectivity index (χ2n) is 4.53. The third kappa shape index (κ3) is 8.76. The molecule has 0 aliphatic heterocycles. The number of guanidine groups is 1. The predicted molar refractivity (Wildman–Crippen MR) is 98.5 cm³/mol. The van der Waals surface area contributed by atoms with Crippen molar-refractivity contribution in [3.63, 3.8) is 0 Å². The van der Waals surface area contributed by atoms with Gasteiger partial charge in [-0.25, -0.2) is 0 Å². The molecular weight excluding hydrogens is 385 g/mol. The summed E-state index contributed by atoms with van der Waals surface area (Å²) in [5.74, 6) is 1.43. The Morgan fingerprint density at radius 2 is 2.25 bits per heavy atom. The standard InChI is InChI=1S/C14H25N3OS.HI/c1-4-15-14(16-7-8-18-3)17-11-12(2)10-13-6-5-9-19-13;/h5-6,9,12H,4,7-8,10-11H2,1-3H3,(H2,15,16,17);1H. The van der Waals surface area contributed by atoms with Gasteiger partial charge in [0.2, 0.25) is 0 Å². The number of nitrogens with zero attached hydrogens (tertiary/aromatic N) is 1. The Labute approximate surface area is 143 Å². The summed E-state index contributed by atoms with van der Waals surface area (Å²) < 4.78 is 5.02. The number of thiophene rings is 1. The SMILES string of the molecule is CCNC(=NCC(C)Cc1cccs1)NCCOC.I. The molecule has 0 saturated carbocycles. The molecule has 6 heteroatoms. The lowest BCUT2D eigenvalue weighted by molar-refractivity contribution is 0.203. The van der Waals surface area contributed by atoms with Crippen LogP contribution in [0.15, 0.2) is 22.5 Å². The van der Waals surface area contributed by atoms with E-state index in [1.807, 2.05) is 11.3 Å². The van der Waals surface area contributed by atoms with Crippen LogP contribution >= 0.6 is 35.3 Å². The molecule has 1 aromatic heterocycles. The van der Waals surface area contributed by atoms with Crippen LogP contribution in [-0.4, -0.2) is 39.3 Å². The summed E-state index contributed by atoms with van der Waals surface area (Å²) in [5.41, 5.74) is 0. The van der Waals surface area contributed by atoms with E-state index in [0.29, 0.717) is 12.5 Å². The van der Waals surface area contributed by atoms with E-state index in [1.165, 1.54) is 4.88 Å². The third-order valence-corrected chi connectivity index (χ3v) is 3.53. The van der Waals surface area contributed by atoms with Gasteiger partial charge in [0.25, 0.3) is 0 Å². The zero-order valence-corrected chi connectivity index (χ0v) is 15.7. The number of methoxy groups -OCH3 is 1. The first-order chi connectivity index (χ1) is 9.26. The van der Waals surface area contributed by atoms with E-state index in [1.54, 1.807) is 7.11 Å². The second-order valence-corrected chi connectivity index (χ2v) is 5.56. The van der Waals surface area contributed by atoms with Gasteiger partial charge < -0.3 is 15.4 Å². The molecule has 0 radical (unpaired) electrons. The quantitative estimate of drug-likeness (QED) is 0.299. The lowest BCUT2D eigenvalue weighted by atomic mass is 10.1. The monoisotopic (exact) mass is 411 g/mol. The van der Waals surface area contributed by atoms with Gasteiger partial charge in [0.1, 0.15) is 0 Å². The summed E-state index contributed by atoms with van der Waals surface area (Å²) in [4.78, 5) is 6.04. The van der Waals surface area contributed by atoms with Gasteiger partial charge in [-0.1, -0.05) is 13.0 Å². The van der Waals surface area contributed by atoms with Gasteiger partial charge in [-0.05, 0) is 30.7 Å². The molecule has 1 rings (SSSR count). The molecule has 0 spiro atoms. The minimum absolute atomic E-state index is 0. The van der Waals surface area contributed by atoms with Crippen LogP contribution in [-0.2, 0) is 11.2 Å². The van der Waals surface area contributed by atoms with Gasteiger partial charge in [-0.3, -0.25) is 4.99 Å². The summed E-state index contributed by atoms with van der Waals surface area (Å²) in [6.07, 6.45) is 1.10. The van der Waals surface area contributed by atoms with Gasteiger partial charge in [-0.15, -0.1) is 35.3 Å². The van der Waals surface area contributed by atoms with Crippen molar-refractivity contribution in [3.8, 4) is 0 Å². The number of hydrogen-bond acceptors (Lipinski definition) is 3. The first kappa shape index (κ1) is 19.7. The number of rotatable bonds is 8. The Morgan fingerprint density at radius 1 is 1.45 bits per heavy atom. The first-order valence-corrected chi connectivity index (χ1v) is 7.67. The van der Waals surface area contributed by atoms with E-state index in [4.69, 9.17) is 4.74 Å². The van der Waals surface area contributed by atoms with Gasteiger partial charge in [0.05, 0.1) is 6.61 Å². The number of hydrogen-bond donors (Lipinski definition) is 2. The molecule has 116 valence electrons. The predicted octanol–water partition coefficient (Wildman–Crippen LogP) is 2.75. The maximum Gasteiger partial charge on any atom is 0.191 e. The Hall–Kier alpha value is -0.340. The van der Waals surface area contributed by atoms with Crippen LogP contribution in [0.25, 0.3) is 0 Å². The zero-order chi connectivity index (χ0) is 13.9. The lowest BCUT2D eigenvalue weighted by Gasteiger charge is -2.12. The molecule has 0 saturated heterocycles. The van der Waals surface area contributed by atoms with Crippen LogP contribution < -0.4 is 10.6 Å². The van der Waals surface area contributed by atoms with Crippen molar-refractivity contribution in [2.45, 2.75) is 20.3 Å². The minimum atomic E-state index is 0. The van der Waals surface area contributed by atoms with Crippen LogP contribution in [0.1, 0.15) is 18.7 Å². The van der Waals surface area contributed by atoms with Crippen LogP contribution in [0.2, 0.25) is 0 Å². The molecule has 1 atom stereocenters. The van der Waals surface area contributed by atoms with Crippen molar-refractivity contribution in [1.82, 2.24) is 10.6 Å². The molecule has 1 aromatic rings. The first-order valence-electron chi connectivity index (χ1n) is 6.79. The van der Waals surface area contributed by atoms with Crippen molar-refractivity contribution in [3.05, 3.63) is 22.4 Å². The molecule has 0 fully saturated rings. The Balaban J connectivity index is 0.00000361. The number of aliphatic imine (C=N–C) groups is 1. The highest BCUT2D eigenvalue weighted by atomic mass is 127. The molecule has 0 bridgehead atoms. The second kappa shape index (κ2) is 12.4. The number of halogens is 1. The van der Waals surface area contributed by atoms with E-state index >= 15 is 0 Å². The molecule has 0 aliphatic rings. The summed E-state index contributed by atoms with van der Waals surface area (Å²) in [6, 6.07) is 4.29. The van der Waals surface area contributed by atoms with Gasteiger partial charge in [0, 0.05) is 31.6 Å². The normalized spacial score (nSPS) is 12.7. The van der Waals surface area contributed by atoms with Crippen molar-refractivity contribution in [2.24, 2.45) is 10.9 Å². The van der Waals surface area contributed by atoms with Gasteiger partial charge in [-0.2, -0.15) is 0 Å². The smallest absolute Gasteiger partial charge is 0.191 e. The molecule has 0 aromatic carbocycles. The maximum absolute atomic E-state index is 5.02. The largest absolute Gasteiger partial charge is 0.383 e. The van der Waals surface area contributed by atoms with Crippen LogP contribution in [0, 0.1) is 5.92 Å². The Morgan fingerprint density at radius 3 is 2.85 bits per heavy atom. The maximum atomic E-state index is 5.02. The highest BCUT2D eigenvalue weighted by Crippen LogP contribution is 2.14. The van der Waals surface area contributed by atoms with Crippen molar-refractivity contribution >= 4 is 41.3 Å². The summed E-state index contributed by atoms with van der Waals surface area (Å²) >= 11 is 1.82. The van der Waals surface area contributed by atoms with Crippen molar-refractivity contribution < 1.29 is 4.74 Å². The molecule has 2 N–H and O–H groups in total. The zero-order valence-electron chi connectivity index (χ0n) is 12.5. The summed E-state index contributed by atoms with van der Waals surface area (Å²) in [5, 5.41) is 8.62. The third-order valence-electron chi connectivity index (χ3n) is 2.63. The van der Waals surface area contributed by atoms with E-state index in [0.717, 1.165) is 32.0 Å². The highest BCUT2D eigenvalue weighted by Gasteiger charge is 2.04. The molecule has 1 unspecified atom stereocenters. The van der Waals surface area contributed by atoms with Crippen LogP contribution in [0.5, 0.6) is 0 Å². The van der Waals surface area contributed by atoms with Crippen LogP contribution in [0.3, 0.4) is 0 Å². The fourth-order valence-electron chi connectivity index (χ4n) is 1.70. The van der Waals surface area contributed by atoms with E-state index < -0.39 is 0 Å². The molecule has 1 heterocycles. The Bertz CT molecular complexity index is 357. The molecule has 20 heavy (non-hydrogen) atoms. The molecular formula is C14H26IN3OS. The fraction of sp³-hybridized carbons (Fsp3) is 0.643. The Kier molecular flexibility index (Phi) is 12.2. The highest BCUT2D eigenvalue weighted by molar-refractivity contribution is 14.0. The van der Waals surface area contributed by atoms with E-state index in [9.17, 15) is 0 Å². The van der Waals surface area contributed by atoms with E-state index in [2.05, 4.69) is 47.0 Å². The molecule has 4 nitrogen and oxygen atoms in total. The number of ether oxygens (including phenoxy) is 1. The number of nitrogens with one attached hydrogen (secondary N) is 2. The molecule has 0 amide bonds. The minimum Gasteiger partial charge on any atom is -0.383 e. The van der Waals surface area contributed by atoms with Crippen molar-refractivity contribution in [1.29, 1.82) is 0 Å². The van der Waals surface area contributed by atoms with Gasteiger partial charge >= 0.3 is 0 Å². The average Bonchev–Trinajstić information content (AvgIpc) is 2.89. The van der Waals surface area contributed by atoms with Crippen LogP contribution in [0.4, 0.5) is 0 Å². The molecule has 0 aliphatic carbocycles. The lowest BCUT2D eigenvalue weighted by Crippen LogP contribution is -2.39. The van der Waals surface area contributed by atoms with Crippen molar-refractivity contribution in [2.75, 3.05) is 33.4 Å².